The smallest absolute Gasteiger partial charge is 0.407 e. The molecule has 256 valence electrons. The van der Waals surface area contributed by atoms with Crippen LogP contribution in [-0.2, 0) is 30.7 Å². The Morgan fingerprint density at radius 1 is 1.13 bits per heavy atom. The minimum Gasteiger partial charge on any atom is -0.443 e. The molecule has 11 nitrogen and oxygen atoms in total. The number of carbonyl (C=O) groups is 1. The molecule has 15 heteroatoms. The van der Waals surface area contributed by atoms with E-state index in [2.05, 4.69) is 15.6 Å². The number of anilines is 1. The number of ether oxygens (including phenoxy) is 3. The van der Waals surface area contributed by atoms with Gasteiger partial charge in [-0.2, -0.15) is 4.31 Å². The average molecular weight is 695 g/mol. The van der Waals surface area contributed by atoms with Gasteiger partial charge in [-0.25, -0.2) is 27.0 Å². The summed E-state index contributed by atoms with van der Waals surface area (Å²) < 4.78 is 75.1. The highest BCUT2D eigenvalue weighted by Gasteiger charge is 2.42. The Bertz CT molecular complexity index is 1670. The van der Waals surface area contributed by atoms with Crippen LogP contribution in [0.25, 0.3) is 10.2 Å². The SMILES string of the molecule is CC(C)CN(C[C@@H](O)[C@H](Cc1cc(F)cc(F)c1)NC(=O)OC1COC2OCCCC12)S(=O)(=O)c1ccc2nc(NC3CC3)sc2c1. The van der Waals surface area contributed by atoms with E-state index in [-0.39, 0.29) is 41.9 Å². The van der Waals surface area contributed by atoms with Gasteiger partial charge in [0.15, 0.2) is 11.4 Å². The first-order valence-corrected chi connectivity index (χ1v) is 18.2. The van der Waals surface area contributed by atoms with Crippen LogP contribution < -0.4 is 10.6 Å². The lowest BCUT2D eigenvalue weighted by Crippen LogP contribution is -2.52. The Kier molecular flexibility index (Phi) is 10.3. The van der Waals surface area contributed by atoms with Crippen molar-refractivity contribution in [1.82, 2.24) is 14.6 Å². The molecule has 1 aromatic heterocycles. The summed E-state index contributed by atoms with van der Waals surface area (Å²) in [4.78, 5) is 17.8. The second-order valence-corrected chi connectivity index (χ2v) is 15.9. The number of aliphatic hydroxyl groups is 1. The van der Waals surface area contributed by atoms with E-state index >= 15 is 0 Å². The van der Waals surface area contributed by atoms with Gasteiger partial charge in [-0.3, -0.25) is 0 Å². The van der Waals surface area contributed by atoms with Gasteiger partial charge in [0.25, 0.3) is 0 Å². The second-order valence-electron chi connectivity index (χ2n) is 12.9. The van der Waals surface area contributed by atoms with Crippen LogP contribution in [0.1, 0.15) is 45.1 Å². The van der Waals surface area contributed by atoms with E-state index in [0.717, 1.165) is 49.0 Å². The van der Waals surface area contributed by atoms with Gasteiger partial charge in [-0.05, 0) is 73.9 Å². The lowest BCUT2D eigenvalue weighted by atomic mass is 9.97. The van der Waals surface area contributed by atoms with Crippen molar-refractivity contribution in [1.29, 1.82) is 0 Å². The number of fused-ring (bicyclic) bond motifs is 2. The lowest BCUT2D eigenvalue weighted by molar-refractivity contribution is -0.152. The van der Waals surface area contributed by atoms with Crippen molar-refractivity contribution in [2.75, 3.05) is 31.6 Å². The number of carbonyl (C=O) groups excluding carboxylic acids is 1. The Morgan fingerprint density at radius 3 is 2.62 bits per heavy atom. The third-order valence-corrected chi connectivity index (χ3v) is 11.3. The maximum atomic E-state index is 14.1. The van der Waals surface area contributed by atoms with E-state index in [1.54, 1.807) is 12.1 Å². The summed E-state index contributed by atoms with van der Waals surface area (Å²) in [5, 5.41) is 18.2. The number of nitrogens with zero attached hydrogens (tertiary/aromatic N) is 2. The first-order valence-electron chi connectivity index (χ1n) is 16.0. The van der Waals surface area contributed by atoms with E-state index in [1.807, 2.05) is 13.8 Å². The summed E-state index contributed by atoms with van der Waals surface area (Å²) in [6.07, 6.45) is 0.133. The Hall–Kier alpha value is -2.95. The number of hydrogen-bond acceptors (Lipinski definition) is 10. The molecule has 5 atom stereocenters. The van der Waals surface area contributed by atoms with Gasteiger partial charge in [0.2, 0.25) is 10.0 Å². The number of hydrogen-bond donors (Lipinski definition) is 3. The Balaban J connectivity index is 1.22. The summed E-state index contributed by atoms with van der Waals surface area (Å²) in [5.41, 5.74) is 0.845. The van der Waals surface area contributed by atoms with Crippen molar-refractivity contribution in [2.45, 2.75) is 81.4 Å². The van der Waals surface area contributed by atoms with E-state index in [1.165, 1.54) is 21.7 Å². The maximum absolute atomic E-state index is 14.1. The Morgan fingerprint density at radius 2 is 1.89 bits per heavy atom. The summed E-state index contributed by atoms with van der Waals surface area (Å²) >= 11 is 1.38. The first kappa shape index (κ1) is 33.9. The molecular formula is C32H40F2N4O7S2. The number of amides is 1. The third-order valence-electron chi connectivity index (χ3n) is 8.48. The molecule has 2 aromatic carbocycles. The summed E-state index contributed by atoms with van der Waals surface area (Å²) in [6, 6.07) is 6.90. The fraction of sp³-hybridized carbons (Fsp3) is 0.562. The standard InChI is InChI=1S/C32H40F2N4O7S2/c1-18(2)15-38(47(41,42)23-7-8-25-29(14-23)46-31(36-25)35-22-5-6-22)16-27(39)26(12-19-10-20(33)13-21(34)11-19)37-32(40)45-28-17-44-30-24(28)4-3-9-43-30/h7-8,10-11,13-14,18,22,24,26-28,30,39H,3-6,9,12,15-17H2,1-2H3,(H,35,36)(H,37,40)/t24?,26-,27+,28?,30?/m0/s1. The van der Waals surface area contributed by atoms with Gasteiger partial charge >= 0.3 is 6.09 Å². The van der Waals surface area contributed by atoms with Gasteiger partial charge in [0, 0.05) is 37.7 Å². The predicted octanol–water partition coefficient (Wildman–Crippen LogP) is 4.65. The van der Waals surface area contributed by atoms with Crippen molar-refractivity contribution < 1.29 is 41.3 Å². The van der Waals surface area contributed by atoms with Crippen LogP contribution in [0.2, 0.25) is 0 Å². The molecule has 47 heavy (non-hydrogen) atoms. The number of aliphatic hydroxyl groups excluding tert-OH is 1. The number of aromatic nitrogens is 1. The Labute approximate surface area is 276 Å². The van der Waals surface area contributed by atoms with Gasteiger partial charge in [0.1, 0.15) is 17.7 Å². The van der Waals surface area contributed by atoms with Gasteiger partial charge < -0.3 is 30.0 Å². The first-order chi connectivity index (χ1) is 22.4. The molecule has 3 N–H and O–H groups in total. The van der Waals surface area contributed by atoms with Crippen molar-refractivity contribution >= 4 is 42.8 Å². The van der Waals surface area contributed by atoms with Crippen molar-refractivity contribution in [3.63, 3.8) is 0 Å². The molecule has 1 amide bonds. The van der Waals surface area contributed by atoms with Crippen LogP contribution in [0.15, 0.2) is 41.3 Å². The predicted molar refractivity (Wildman–Crippen MR) is 172 cm³/mol. The molecule has 3 aromatic rings. The van der Waals surface area contributed by atoms with Crippen LogP contribution in [0.3, 0.4) is 0 Å². The van der Waals surface area contributed by atoms with Crippen LogP contribution in [0, 0.1) is 23.5 Å². The summed E-state index contributed by atoms with van der Waals surface area (Å²) in [7, 11) is -4.13. The molecule has 3 fully saturated rings. The molecule has 0 radical (unpaired) electrons. The zero-order chi connectivity index (χ0) is 33.3. The molecule has 3 aliphatic rings. The zero-order valence-electron chi connectivity index (χ0n) is 26.2. The molecule has 3 unspecified atom stereocenters. The monoisotopic (exact) mass is 694 g/mol. The fourth-order valence-corrected chi connectivity index (χ4v) is 8.73. The highest BCUT2D eigenvalue weighted by atomic mass is 32.2. The van der Waals surface area contributed by atoms with Crippen LogP contribution >= 0.6 is 11.3 Å². The minimum absolute atomic E-state index is 0.0427. The topological polar surface area (TPSA) is 139 Å². The normalized spacial score (nSPS) is 22.7. The lowest BCUT2D eigenvalue weighted by Gasteiger charge is -2.31. The van der Waals surface area contributed by atoms with Crippen LogP contribution in [0.4, 0.5) is 18.7 Å². The number of thiazole rings is 1. The molecule has 2 saturated heterocycles. The van der Waals surface area contributed by atoms with Crippen molar-refractivity contribution in [3.8, 4) is 0 Å². The average Bonchev–Trinajstić information content (AvgIpc) is 3.59. The molecule has 0 bridgehead atoms. The van der Waals surface area contributed by atoms with E-state index in [4.69, 9.17) is 14.2 Å². The zero-order valence-corrected chi connectivity index (χ0v) is 27.9. The largest absolute Gasteiger partial charge is 0.443 e. The molecule has 3 heterocycles. The van der Waals surface area contributed by atoms with Gasteiger partial charge in [-0.15, -0.1) is 0 Å². The van der Waals surface area contributed by atoms with Crippen LogP contribution in [-0.4, -0.2) is 85.8 Å². The number of nitrogens with one attached hydrogen (secondary N) is 2. The number of rotatable bonds is 13. The highest BCUT2D eigenvalue weighted by Crippen LogP contribution is 2.34. The molecule has 6 rings (SSSR count). The minimum atomic E-state index is -4.13. The quantitative estimate of drug-likeness (QED) is 0.234. The molecule has 1 saturated carbocycles. The molecule has 0 spiro atoms. The highest BCUT2D eigenvalue weighted by molar-refractivity contribution is 7.89. The molecule has 2 aliphatic heterocycles. The van der Waals surface area contributed by atoms with Crippen molar-refractivity contribution in [2.24, 2.45) is 11.8 Å². The number of halogens is 2. The van der Waals surface area contributed by atoms with E-state index in [9.17, 15) is 27.1 Å². The number of benzene rings is 2. The maximum Gasteiger partial charge on any atom is 0.407 e. The van der Waals surface area contributed by atoms with Crippen molar-refractivity contribution in [3.05, 3.63) is 53.6 Å². The number of sulfonamides is 1. The van der Waals surface area contributed by atoms with Gasteiger partial charge in [0.05, 0.1) is 33.9 Å². The third kappa shape index (κ3) is 8.38. The molecule has 1 aliphatic carbocycles. The molecular weight excluding hydrogens is 655 g/mol. The summed E-state index contributed by atoms with van der Waals surface area (Å²) in [6.45, 7) is 4.09. The number of alkyl carbamates (subject to hydrolysis) is 1. The van der Waals surface area contributed by atoms with Crippen LogP contribution in [0.5, 0.6) is 0 Å². The van der Waals surface area contributed by atoms with E-state index in [0.29, 0.717) is 22.9 Å². The second kappa shape index (κ2) is 14.3. The van der Waals surface area contributed by atoms with Gasteiger partial charge in [-0.1, -0.05) is 25.2 Å². The van der Waals surface area contributed by atoms with E-state index < -0.39 is 58.8 Å². The summed E-state index contributed by atoms with van der Waals surface area (Å²) in [5.74, 6) is -1.89. The fourth-order valence-electron chi connectivity index (χ4n) is 6.03.